The van der Waals surface area contributed by atoms with Gasteiger partial charge in [-0.3, -0.25) is 4.79 Å². The van der Waals surface area contributed by atoms with Crippen molar-refractivity contribution in [2.24, 2.45) is 0 Å². The zero-order chi connectivity index (χ0) is 17.7. The molecule has 7 nitrogen and oxygen atoms in total. The summed E-state index contributed by atoms with van der Waals surface area (Å²) in [4.78, 5) is 17.4. The monoisotopic (exact) mass is 332 g/mol. The molecule has 1 aromatic carbocycles. The van der Waals surface area contributed by atoms with E-state index >= 15 is 0 Å². The van der Waals surface area contributed by atoms with Gasteiger partial charge < -0.3 is 19.5 Å². The topological polar surface area (TPSA) is 80.5 Å². The van der Waals surface area contributed by atoms with Crippen LogP contribution < -0.4 is 10.1 Å². The highest BCUT2D eigenvalue weighted by Gasteiger charge is 2.21. The molecular weight excluding hydrogens is 308 g/mol. The van der Waals surface area contributed by atoms with Gasteiger partial charge >= 0.3 is 0 Å². The summed E-state index contributed by atoms with van der Waals surface area (Å²) >= 11 is 0. The molecule has 0 saturated carbocycles. The number of likely N-dealkylation sites (N-methyl/N-ethyl adjacent to an activating group) is 1. The van der Waals surface area contributed by atoms with Gasteiger partial charge in [0.05, 0.1) is 6.54 Å². The van der Waals surface area contributed by atoms with E-state index in [0.717, 1.165) is 5.69 Å². The number of carbonyl (C=O) groups is 1. The second-order valence-corrected chi connectivity index (χ2v) is 6.72. The van der Waals surface area contributed by atoms with Crippen LogP contribution in [0.15, 0.2) is 28.8 Å². The van der Waals surface area contributed by atoms with Gasteiger partial charge in [0.25, 0.3) is 5.91 Å². The normalized spacial score (nSPS) is 11.2. The first-order valence-corrected chi connectivity index (χ1v) is 7.75. The van der Waals surface area contributed by atoms with Crippen molar-refractivity contribution in [1.82, 2.24) is 15.0 Å². The molecule has 7 heteroatoms. The molecule has 0 fully saturated rings. The van der Waals surface area contributed by atoms with Gasteiger partial charge in [0.15, 0.2) is 12.4 Å². The highest BCUT2D eigenvalue weighted by Crippen LogP contribution is 2.21. The number of benzene rings is 1. The third-order valence-electron chi connectivity index (χ3n) is 3.26. The average Bonchev–Trinajstić information content (AvgIpc) is 3.00. The van der Waals surface area contributed by atoms with Crippen LogP contribution in [0.1, 0.15) is 32.5 Å². The van der Waals surface area contributed by atoms with Crippen LogP contribution in [0.2, 0.25) is 0 Å². The molecule has 2 rings (SSSR count). The van der Waals surface area contributed by atoms with Crippen molar-refractivity contribution in [2.45, 2.75) is 32.7 Å². The number of hydrogen-bond donors (Lipinski definition) is 1. The summed E-state index contributed by atoms with van der Waals surface area (Å²) in [6, 6.07) is 7.40. The number of anilines is 1. The van der Waals surface area contributed by atoms with Crippen molar-refractivity contribution >= 4 is 11.6 Å². The molecule has 1 heterocycles. The van der Waals surface area contributed by atoms with Crippen LogP contribution in [0.3, 0.4) is 0 Å². The Morgan fingerprint density at radius 1 is 1.33 bits per heavy atom. The Bertz CT molecular complexity index is 689. The first-order valence-electron chi connectivity index (χ1n) is 7.75. The lowest BCUT2D eigenvalue weighted by atomic mass is 9.97. The Balaban J connectivity index is 1.92. The summed E-state index contributed by atoms with van der Waals surface area (Å²) in [6.45, 7) is 6.52. The fourth-order valence-electron chi connectivity index (χ4n) is 1.78. The molecule has 0 aliphatic carbocycles. The van der Waals surface area contributed by atoms with Crippen LogP contribution in [-0.2, 0) is 16.8 Å². The molecule has 24 heavy (non-hydrogen) atoms. The number of rotatable bonds is 6. The van der Waals surface area contributed by atoms with Crippen LogP contribution in [0.5, 0.6) is 5.75 Å². The Hall–Kier alpha value is -2.57. The third kappa shape index (κ3) is 4.97. The van der Waals surface area contributed by atoms with Gasteiger partial charge in [-0.25, -0.2) is 0 Å². The Morgan fingerprint density at radius 2 is 2.08 bits per heavy atom. The summed E-state index contributed by atoms with van der Waals surface area (Å²) in [7, 11) is 3.39. The van der Waals surface area contributed by atoms with E-state index in [1.165, 1.54) is 4.90 Å². The Morgan fingerprint density at radius 3 is 2.71 bits per heavy atom. The van der Waals surface area contributed by atoms with E-state index in [0.29, 0.717) is 24.0 Å². The van der Waals surface area contributed by atoms with E-state index in [4.69, 9.17) is 9.26 Å². The highest BCUT2D eigenvalue weighted by atomic mass is 16.5. The fourth-order valence-corrected chi connectivity index (χ4v) is 1.78. The number of nitrogens with zero attached hydrogens (tertiary/aromatic N) is 3. The summed E-state index contributed by atoms with van der Waals surface area (Å²) in [5.74, 6) is 1.74. The molecule has 130 valence electrons. The molecule has 0 atom stereocenters. The largest absolute Gasteiger partial charge is 0.484 e. The van der Waals surface area contributed by atoms with E-state index < -0.39 is 0 Å². The molecule has 1 amide bonds. The maximum absolute atomic E-state index is 11.6. The van der Waals surface area contributed by atoms with Gasteiger partial charge in [0.2, 0.25) is 5.89 Å². The lowest BCUT2D eigenvalue weighted by molar-refractivity contribution is -0.130. The zero-order valence-electron chi connectivity index (χ0n) is 14.8. The van der Waals surface area contributed by atoms with Crippen molar-refractivity contribution < 1.29 is 14.1 Å². The molecule has 0 bridgehead atoms. The van der Waals surface area contributed by atoms with Crippen molar-refractivity contribution in [1.29, 1.82) is 0 Å². The first-order chi connectivity index (χ1) is 11.3. The standard InChI is InChI=1S/C17H24N4O3/c1-17(2,3)16-19-14(20-24-16)10-18-12-7-6-8-13(9-12)23-11-15(22)21(4)5/h6-9,18H,10-11H2,1-5H3. The number of nitrogens with one attached hydrogen (secondary N) is 1. The highest BCUT2D eigenvalue weighted by molar-refractivity contribution is 5.77. The average molecular weight is 332 g/mol. The predicted octanol–water partition coefficient (Wildman–Crippen LogP) is 2.45. The maximum Gasteiger partial charge on any atom is 0.259 e. The second kappa shape index (κ2) is 7.33. The molecule has 0 unspecified atom stereocenters. The Kier molecular flexibility index (Phi) is 5.43. The summed E-state index contributed by atoms with van der Waals surface area (Å²) in [5, 5.41) is 7.19. The van der Waals surface area contributed by atoms with Gasteiger partial charge in [0, 0.05) is 31.3 Å². The SMILES string of the molecule is CN(C)C(=O)COc1cccc(NCc2noc(C(C)(C)C)n2)c1. The molecule has 0 radical (unpaired) electrons. The van der Waals surface area contributed by atoms with Gasteiger partial charge in [-0.15, -0.1) is 0 Å². The van der Waals surface area contributed by atoms with Crippen LogP contribution in [-0.4, -0.2) is 41.6 Å². The molecule has 1 N–H and O–H groups in total. The van der Waals surface area contributed by atoms with Crippen LogP contribution in [0.25, 0.3) is 0 Å². The molecule has 1 aromatic heterocycles. The first kappa shape index (κ1) is 17.8. The van der Waals surface area contributed by atoms with Crippen LogP contribution in [0.4, 0.5) is 5.69 Å². The van der Waals surface area contributed by atoms with Gasteiger partial charge in [-0.05, 0) is 12.1 Å². The fraction of sp³-hybridized carbons (Fsp3) is 0.471. The van der Waals surface area contributed by atoms with E-state index in [1.54, 1.807) is 20.2 Å². The van der Waals surface area contributed by atoms with Crippen molar-refractivity contribution in [2.75, 3.05) is 26.0 Å². The van der Waals surface area contributed by atoms with E-state index in [-0.39, 0.29) is 17.9 Å². The summed E-state index contributed by atoms with van der Waals surface area (Å²) in [5.41, 5.74) is 0.685. The quantitative estimate of drug-likeness (QED) is 0.875. The minimum absolute atomic E-state index is 0.0102. The number of ether oxygens (including phenoxy) is 1. The third-order valence-corrected chi connectivity index (χ3v) is 3.26. The number of aromatic nitrogens is 2. The summed E-state index contributed by atoms with van der Waals surface area (Å²) in [6.07, 6.45) is 0. The minimum atomic E-state index is -0.169. The van der Waals surface area contributed by atoms with E-state index in [2.05, 4.69) is 15.5 Å². The number of hydrogen-bond acceptors (Lipinski definition) is 6. The summed E-state index contributed by atoms with van der Waals surface area (Å²) < 4.78 is 10.8. The van der Waals surface area contributed by atoms with Gasteiger partial charge in [-0.1, -0.05) is 32.0 Å². The van der Waals surface area contributed by atoms with Crippen molar-refractivity contribution in [3.63, 3.8) is 0 Å². The van der Waals surface area contributed by atoms with E-state index in [1.807, 2.05) is 39.0 Å². The van der Waals surface area contributed by atoms with Crippen LogP contribution in [0, 0.1) is 0 Å². The number of amides is 1. The number of carbonyl (C=O) groups excluding carboxylic acids is 1. The molecule has 0 spiro atoms. The zero-order valence-corrected chi connectivity index (χ0v) is 14.8. The predicted molar refractivity (Wildman–Crippen MR) is 91.0 cm³/mol. The van der Waals surface area contributed by atoms with E-state index in [9.17, 15) is 4.79 Å². The Labute approximate surface area is 142 Å². The molecule has 0 saturated heterocycles. The van der Waals surface area contributed by atoms with Crippen molar-refractivity contribution in [3.05, 3.63) is 36.0 Å². The molecule has 0 aliphatic heterocycles. The van der Waals surface area contributed by atoms with Crippen LogP contribution >= 0.6 is 0 Å². The molecule has 0 aliphatic rings. The lowest BCUT2D eigenvalue weighted by Gasteiger charge is -2.12. The van der Waals surface area contributed by atoms with Crippen molar-refractivity contribution in [3.8, 4) is 5.75 Å². The van der Waals surface area contributed by atoms with Gasteiger partial charge in [0.1, 0.15) is 5.75 Å². The molecular formula is C17H24N4O3. The second-order valence-electron chi connectivity index (χ2n) is 6.72. The maximum atomic E-state index is 11.6. The van der Waals surface area contributed by atoms with Gasteiger partial charge in [-0.2, -0.15) is 4.98 Å². The smallest absolute Gasteiger partial charge is 0.259 e. The molecule has 2 aromatic rings. The minimum Gasteiger partial charge on any atom is -0.484 e. The lowest BCUT2D eigenvalue weighted by Crippen LogP contribution is -2.27.